The molecule has 0 aliphatic carbocycles. The average molecular weight is 372 g/mol. The molecule has 0 radical (unpaired) electrons. The Morgan fingerprint density at radius 3 is 2.42 bits per heavy atom. The molecule has 2 aromatic rings. The second-order valence-corrected chi connectivity index (χ2v) is 7.69. The predicted molar refractivity (Wildman–Crippen MR) is 101 cm³/mol. The topological polar surface area (TPSA) is 40.6 Å². The van der Waals surface area contributed by atoms with Crippen LogP contribution in [-0.2, 0) is 15.8 Å². The van der Waals surface area contributed by atoms with Crippen molar-refractivity contribution >= 4 is 23.0 Å². The van der Waals surface area contributed by atoms with Crippen LogP contribution in [-0.4, -0.2) is 45.5 Å². The van der Waals surface area contributed by atoms with Gasteiger partial charge in [0.25, 0.3) is 0 Å². The fourth-order valence-corrected chi connectivity index (χ4v) is 4.07. The maximum Gasteiger partial charge on any atom is 0.246 e. The molecule has 0 spiro atoms. The Kier molecular flexibility index (Phi) is 5.96. The van der Waals surface area contributed by atoms with Crippen LogP contribution < -0.4 is 0 Å². The van der Waals surface area contributed by atoms with Gasteiger partial charge >= 0.3 is 0 Å². The number of hydrogen-bond donors (Lipinski definition) is 0. The second-order valence-electron chi connectivity index (χ2n) is 6.20. The lowest BCUT2D eigenvalue weighted by atomic mass is 10.2. The van der Waals surface area contributed by atoms with E-state index in [2.05, 4.69) is 0 Å². The number of piperazine rings is 1. The lowest BCUT2D eigenvalue weighted by Gasteiger charge is -2.33. The van der Waals surface area contributed by atoms with Crippen LogP contribution in [0.4, 0.5) is 4.39 Å². The molecule has 1 aliphatic rings. The van der Waals surface area contributed by atoms with Crippen LogP contribution in [0, 0.1) is 12.7 Å². The van der Waals surface area contributed by atoms with Crippen molar-refractivity contribution in [2.24, 2.45) is 0 Å². The third-order valence-electron chi connectivity index (χ3n) is 4.26. The summed E-state index contributed by atoms with van der Waals surface area (Å²) in [6.07, 6.45) is 3.18. The van der Waals surface area contributed by atoms with Gasteiger partial charge in [-0.25, -0.2) is 12.9 Å². The van der Waals surface area contributed by atoms with E-state index < -0.39 is 11.0 Å². The van der Waals surface area contributed by atoms with E-state index in [0.29, 0.717) is 26.2 Å². The summed E-state index contributed by atoms with van der Waals surface area (Å²) in [5, 5.41) is 0. The molecule has 1 saturated heterocycles. The van der Waals surface area contributed by atoms with Crippen LogP contribution >= 0.6 is 0 Å². The van der Waals surface area contributed by atoms with Crippen molar-refractivity contribution in [1.29, 1.82) is 0 Å². The number of carbonyl (C=O) groups is 1. The van der Waals surface area contributed by atoms with Crippen molar-refractivity contribution in [3.05, 3.63) is 71.6 Å². The molecule has 136 valence electrons. The maximum absolute atomic E-state index is 12.9. The molecule has 0 saturated carbocycles. The molecule has 0 aromatic heterocycles. The van der Waals surface area contributed by atoms with Gasteiger partial charge in [-0.1, -0.05) is 24.3 Å². The Hall–Kier alpha value is -2.31. The molecular formula is C20H21FN2O2S. The molecule has 1 aliphatic heterocycles. The Morgan fingerprint density at radius 1 is 1.08 bits per heavy atom. The highest BCUT2D eigenvalue weighted by molar-refractivity contribution is 7.82. The van der Waals surface area contributed by atoms with Crippen molar-refractivity contribution in [1.82, 2.24) is 9.21 Å². The monoisotopic (exact) mass is 372 g/mol. The zero-order chi connectivity index (χ0) is 18.5. The Balaban J connectivity index is 1.55. The lowest BCUT2D eigenvalue weighted by molar-refractivity contribution is -0.127. The number of hydrogen-bond acceptors (Lipinski definition) is 2. The van der Waals surface area contributed by atoms with Crippen LogP contribution in [0.15, 0.2) is 59.5 Å². The normalized spacial score (nSPS) is 16.8. The molecule has 1 amide bonds. The predicted octanol–water partition coefficient (Wildman–Crippen LogP) is 3.01. The van der Waals surface area contributed by atoms with Gasteiger partial charge in [0.15, 0.2) is 0 Å². The van der Waals surface area contributed by atoms with Gasteiger partial charge in [0.2, 0.25) is 5.91 Å². The smallest absolute Gasteiger partial charge is 0.246 e. The molecule has 1 atom stereocenters. The number of amides is 1. The van der Waals surface area contributed by atoms with E-state index in [4.69, 9.17) is 0 Å². The first-order valence-corrected chi connectivity index (χ1v) is 9.60. The van der Waals surface area contributed by atoms with E-state index in [9.17, 15) is 13.4 Å². The van der Waals surface area contributed by atoms with E-state index in [1.165, 1.54) is 18.2 Å². The number of benzene rings is 2. The highest BCUT2D eigenvalue weighted by Crippen LogP contribution is 2.15. The van der Waals surface area contributed by atoms with E-state index in [0.717, 1.165) is 16.0 Å². The van der Waals surface area contributed by atoms with Crippen LogP contribution in [0.3, 0.4) is 0 Å². The minimum atomic E-state index is -1.20. The Bertz CT molecular complexity index is 828. The first-order chi connectivity index (χ1) is 12.5. The molecule has 3 rings (SSSR count). The van der Waals surface area contributed by atoms with Gasteiger partial charge in [-0.3, -0.25) is 4.79 Å². The fraction of sp³-hybridized carbons (Fsp3) is 0.250. The number of nitrogens with zero attached hydrogens (tertiary/aromatic N) is 2. The van der Waals surface area contributed by atoms with Crippen LogP contribution in [0.2, 0.25) is 0 Å². The van der Waals surface area contributed by atoms with Gasteiger partial charge < -0.3 is 4.90 Å². The Morgan fingerprint density at radius 2 is 1.77 bits per heavy atom. The molecular weight excluding hydrogens is 351 g/mol. The highest BCUT2D eigenvalue weighted by Gasteiger charge is 2.24. The molecule has 26 heavy (non-hydrogen) atoms. The third-order valence-corrected chi connectivity index (χ3v) is 5.76. The van der Waals surface area contributed by atoms with Crippen molar-refractivity contribution in [3.8, 4) is 0 Å². The van der Waals surface area contributed by atoms with E-state index in [1.807, 2.05) is 35.5 Å². The quantitative estimate of drug-likeness (QED) is 0.774. The minimum absolute atomic E-state index is 0.0877. The summed E-state index contributed by atoms with van der Waals surface area (Å²) >= 11 is 0. The standard InChI is InChI=1S/C20H21FN2O2S/c1-16-3-2-4-19(15-16)26(25)23-13-11-22(12-14-23)20(24)10-7-17-5-8-18(21)9-6-17/h2-10,15H,11-14H2,1H3/b10-7+. The van der Waals surface area contributed by atoms with Gasteiger partial charge in [0, 0.05) is 32.3 Å². The average Bonchev–Trinajstić information content (AvgIpc) is 2.67. The third kappa shape index (κ3) is 4.65. The summed E-state index contributed by atoms with van der Waals surface area (Å²) in [5.74, 6) is -0.387. The van der Waals surface area contributed by atoms with Crippen molar-refractivity contribution in [2.45, 2.75) is 11.8 Å². The lowest BCUT2D eigenvalue weighted by Crippen LogP contribution is -2.48. The summed E-state index contributed by atoms with van der Waals surface area (Å²) in [6, 6.07) is 13.7. The van der Waals surface area contributed by atoms with Gasteiger partial charge in [0.05, 0.1) is 4.90 Å². The molecule has 0 bridgehead atoms. The number of aryl methyl sites for hydroxylation is 1. The SMILES string of the molecule is Cc1cccc(S(=O)N2CCN(C(=O)/C=C/c3ccc(F)cc3)CC2)c1. The van der Waals surface area contributed by atoms with Crippen molar-refractivity contribution in [2.75, 3.05) is 26.2 Å². The molecule has 2 aromatic carbocycles. The zero-order valence-electron chi connectivity index (χ0n) is 14.6. The van der Waals surface area contributed by atoms with Crippen molar-refractivity contribution < 1.29 is 13.4 Å². The molecule has 1 fully saturated rings. The zero-order valence-corrected chi connectivity index (χ0v) is 15.4. The number of carbonyl (C=O) groups excluding carboxylic acids is 1. The minimum Gasteiger partial charge on any atom is -0.337 e. The fourth-order valence-electron chi connectivity index (χ4n) is 2.79. The van der Waals surface area contributed by atoms with Gasteiger partial charge in [-0.2, -0.15) is 0 Å². The van der Waals surface area contributed by atoms with E-state index >= 15 is 0 Å². The largest absolute Gasteiger partial charge is 0.337 e. The Labute approximate surface area is 155 Å². The van der Waals surface area contributed by atoms with Gasteiger partial charge in [-0.15, -0.1) is 0 Å². The van der Waals surface area contributed by atoms with Crippen LogP contribution in [0.25, 0.3) is 6.08 Å². The molecule has 0 N–H and O–H groups in total. The maximum atomic E-state index is 12.9. The first kappa shape index (κ1) is 18.5. The van der Waals surface area contributed by atoms with E-state index in [1.54, 1.807) is 23.1 Å². The van der Waals surface area contributed by atoms with Gasteiger partial charge in [0.1, 0.15) is 16.8 Å². The molecule has 4 nitrogen and oxygen atoms in total. The van der Waals surface area contributed by atoms with Crippen molar-refractivity contribution in [3.63, 3.8) is 0 Å². The number of rotatable bonds is 4. The summed E-state index contributed by atoms with van der Waals surface area (Å²) in [5.41, 5.74) is 1.86. The summed E-state index contributed by atoms with van der Waals surface area (Å²) in [4.78, 5) is 14.8. The summed E-state index contributed by atoms with van der Waals surface area (Å²) in [6.45, 7) is 4.17. The highest BCUT2D eigenvalue weighted by atomic mass is 32.2. The van der Waals surface area contributed by atoms with Crippen LogP contribution in [0.5, 0.6) is 0 Å². The van der Waals surface area contributed by atoms with Gasteiger partial charge in [-0.05, 0) is 48.4 Å². The molecule has 6 heteroatoms. The summed E-state index contributed by atoms with van der Waals surface area (Å²) in [7, 11) is -1.20. The molecule has 1 unspecified atom stereocenters. The van der Waals surface area contributed by atoms with Crippen LogP contribution in [0.1, 0.15) is 11.1 Å². The summed E-state index contributed by atoms with van der Waals surface area (Å²) < 4.78 is 27.4. The van der Waals surface area contributed by atoms with E-state index in [-0.39, 0.29) is 11.7 Å². The molecule has 1 heterocycles. The first-order valence-electron chi connectivity index (χ1n) is 8.49. The second kappa shape index (κ2) is 8.38. The number of halogens is 1.